The maximum Gasteiger partial charge on any atom is 0.259 e. The molecule has 0 bridgehead atoms. The third kappa shape index (κ3) is 2.92. The molecule has 1 aliphatic heterocycles. The monoisotopic (exact) mass is 287 g/mol. The number of carbonyl (C=O) groups excluding carboxylic acids is 1. The summed E-state index contributed by atoms with van der Waals surface area (Å²) in [5.41, 5.74) is 7.09. The summed E-state index contributed by atoms with van der Waals surface area (Å²) in [6.45, 7) is 7.22. The summed E-state index contributed by atoms with van der Waals surface area (Å²) in [6.07, 6.45) is 1.69. The molecule has 1 aromatic rings. The molecule has 6 heteroatoms. The zero-order chi connectivity index (χ0) is 13.3. The summed E-state index contributed by atoms with van der Waals surface area (Å²) in [4.78, 5) is 14.5. The molecular weight excluding hydrogens is 266 g/mol. The molecule has 2 atom stereocenters. The highest BCUT2D eigenvalue weighted by Gasteiger charge is 2.34. The summed E-state index contributed by atoms with van der Waals surface area (Å²) in [6, 6.07) is 0.241. The van der Waals surface area contributed by atoms with E-state index in [1.807, 2.05) is 11.8 Å². The van der Waals surface area contributed by atoms with E-state index in [0.29, 0.717) is 30.2 Å². The van der Waals surface area contributed by atoms with Crippen LogP contribution in [0.25, 0.3) is 0 Å². The van der Waals surface area contributed by atoms with Crippen molar-refractivity contribution in [3.8, 4) is 0 Å². The Kier molecular flexibility index (Phi) is 5.38. The number of halogens is 1. The van der Waals surface area contributed by atoms with Crippen LogP contribution in [-0.4, -0.2) is 35.1 Å². The van der Waals surface area contributed by atoms with E-state index in [9.17, 15) is 4.79 Å². The predicted octanol–water partition coefficient (Wildman–Crippen LogP) is 1.78. The van der Waals surface area contributed by atoms with Crippen molar-refractivity contribution >= 4 is 18.3 Å². The van der Waals surface area contributed by atoms with Gasteiger partial charge in [-0.2, -0.15) is 0 Å². The molecule has 0 spiro atoms. The standard InChI is InChI=1S/C13H21N3O2.ClH/c1-4-11-12(9(3)18-15-11)13(17)16-7-10(6-14)5-8(16)2;/h8,10H,4-7,14H2,1-3H3;1H. The third-order valence-electron chi connectivity index (χ3n) is 3.74. The first kappa shape index (κ1) is 16.0. The number of hydrogen-bond donors (Lipinski definition) is 1. The van der Waals surface area contributed by atoms with Crippen molar-refractivity contribution < 1.29 is 9.32 Å². The first-order chi connectivity index (χ1) is 8.58. The average molecular weight is 288 g/mol. The molecule has 0 aliphatic carbocycles. The summed E-state index contributed by atoms with van der Waals surface area (Å²) < 4.78 is 5.13. The fraction of sp³-hybridized carbons (Fsp3) is 0.692. The van der Waals surface area contributed by atoms with E-state index in [2.05, 4.69) is 12.1 Å². The lowest BCUT2D eigenvalue weighted by atomic mass is 10.1. The van der Waals surface area contributed by atoms with Crippen LogP contribution in [0, 0.1) is 12.8 Å². The quantitative estimate of drug-likeness (QED) is 0.920. The minimum atomic E-state index is 0. The van der Waals surface area contributed by atoms with Crippen molar-refractivity contribution in [1.29, 1.82) is 0 Å². The first-order valence-corrected chi connectivity index (χ1v) is 6.54. The van der Waals surface area contributed by atoms with E-state index in [1.54, 1.807) is 6.92 Å². The lowest BCUT2D eigenvalue weighted by Crippen LogP contribution is -2.35. The third-order valence-corrected chi connectivity index (χ3v) is 3.74. The van der Waals surface area contributed by atoms with Gasteiger partial charge in [0.05, 0.1) is 5.69 Å². The molecule has 1 fully saturated rings. The van der Waals surface area contributed by atoms with Crippen LogP contribution in [0.5, 0.6) is 0 Å². The summed E-state index contributed by atoms with van der Waals surface area (Å²) in [5, 5.41) is 3.94. The van der Waals surface area contributed by atoms with Gasteiger partial charge in [0.1, 0.15) is 11.3 Å². The number of carbonyl (C=O) groups is 1. The molecule has 2 unspecified atom stereocenters. The molecule has 0 saturated carbocycles. The molecule has 2 heterocycles. The SMILES string of the molecule is CCc1noc(C)c1C(=O)N1CC(CN)CC1C.Cl. The van der Waals surface area contributed by atoms with Crippen LogP contribution < -0.4 is 5.73 Å². The maximum atomic E-state index is 12.6. The number of nitrogens with two attached hydrogens (primary N) is 1. The Bertz CT molecular complexity index is 447. The van der Waals surface area contributed by atoms with Crippen LogP contribution in [0.2, 0.25) is 0 Å². The van der Waals surface area contributed by atoms with E-state index in [4.69, 9.17) is 10.3 Å². The van der Waals surface area contributed by atoms with Gasteiger partial charge in [0.15, 0.2) is 0 Å². The molecule has 108 valence electrons. The molecule has 5 nitrogen and oxygen atoms in total. The molecule has 1 aliphatic rings. The topological polar surface area (TPSA) is 72.4 Å². The lowest BCUT2D eigenvalue weighted by molar-refractivity contribution is 0.0740. The van der Waals surface area contributed by atoms with Gasteiger partial charge < -0.3 is 15.2 Å². The molecule has 2 rings (SSSR count). The van der Waals surface area contributed by atoms with Crippen molar-refractivity contribution in [3.05, 3.63) is 17.0 Å². The Morgan fingerprint density at radius 2 is 2.26 bits per heavy atom. The lowest BCUT2D eigenvalue weighted by Gasteiger charge is -2.21. The second-order valence-electron chi connectivity index (χ2n) is 5.06. The zero-order valence-corrected chi connectivity index (χ0v) is 12.5. The van der Waals surface area contributed by atoms with Crippen molar-refractivity contribution in [2.24, 2.45) is 11.7 Å². The predicted molar refractivity (Wildman–Crippen MR) is 75.5 cm³/mol. The smallest absolute Gasteiger partial charge is 0.259 e. The van der Waals surface area contributed by atoms with Crippen LogP contribution in [0.1, 0.15) is 42.1 Å². The molecule has 1 saturated heterocycles. The fourth-order valence-electron chi connectivity index (χ4n) is 2.67. The van der Waals surface area contributed by atoms with Crippen LogP contribution >= 0.6 is 12.4 Å². The van der Waals surface area contributed by atoms with Crippen molar-refractivity contribution in [2.75, 3.05) is 13.1 Å². The Labute approximate surface area is 119 Å². The van der Waals surface area contributed by atoms with Gasteiger partial charge in [-0.25, -0.2) is 0 Å². The Morgan fingerprint density at radius 3 is 2.79 bits per heavy atom. The van der Waals surface area contributed by atoms with Gasteiger partial charge in [-0.05, 0) is 39.2 Å². The molecule has 2 N–H and O–H groups in total. The maximum absolute atomic E-state index is 12.6. The molecule has 1 amide bonds. The van der Waals surface area contributed by atoms with E-state index in [1.165, 1.54) is 0 Å². The van der Waals surface area contributed by atoms with E-state index >= 15 is 0 Å². The van der Waals surface area contributed by atoms with Gasteiger partial charge >= 0.3 is 0 Å². The molecule has 19 heavy (non-hydrogen) atoms. The normalized spacial score (nSPS) is 22.4. The Morgan fingerprint density at radius 1 is 1.58 bits per heavy atom. The number of amides is 1. The van der Waals surface area contributed by atoms with Crippen LogP contribution in [0.3, 0.4) is 0 Å². The summed E-state index contributed by atoms with van der Waals surface area (Å²) in [7, 11) is 0. The van der Waals surface area contributed by atoms with Crippen molar-refractivity contribution in [3.63, 3.8) is 0 Å². The van der Waals surface area contributed by atoms with E-state index in [0.717, 1.165) is 18.7 Å². The minimum Gasteiger partial charge on any atom is -0.361 e. The minimum absolute atomic E-state index is 0. The van der Waals surface area contributed by atoms with Crippen LogP contribution in [0.15, 0.2) is 4.52 Å². The number of aryl methyl sites for hydroxylation is 2. The van der Waals surface area contributed by atoms with Gasteiger partial charge in [0.2, 0.25) is 0 Å². The Hall–Kier alpha value is -1.07. The van der Waals surface area contributed by atoms with Crippen LogP contribution in [0.4, 0.5) is 0 Å². The number of nitrogens with zero attached hydrogens (tertiary/aromatic N) is 2. The van der Waals surface area contributed by atoms with E-state index < -0.39 is 0 Å². The number of aromatic nitrogens is 1. The van der Waals surface area contributed by atoms with Crippen LogP contribution in [-0.2, 0) is 6.42 Å². The van der Waals surface area contributed by atoms with Gasteiger partial charge in [0, 0.05) is 12.6 Å². The van der Waals surface area contributed by atoms with Gasteiger partial charge in [-0.1, -0.05) is 12.1 Å². The highest BCUT2D eigenvalue weighted by molar-refractivity contribution is 5.96. The second-order valence-corrected chi connectivity index (χ2v) is 5.06. The highest BCUT2D eigenvalue weighted by Crippen LogP contribution is 2.26. The van der Waals surface area contributed by atoms with Gasteiger partial charge in [-0.15, -0.1) is 12.4 Å². The highest BCUT2D eigenvalue weighted by atomic mass is 35.5. The molecule has 0 radical (unpaired) electrons. The number of likely N-dealkylation sites (tertiary alicyclic amines) is 1. The second kappa shape index (κ2) is 6.39. The Balaban J connectivity index is 0.00000180. The molecular formula is C13H22ClN3O2. The number of hydrogen-bond acceptors (Lipinski definition) is 4. The molecule has 0 aromatic carbocycles. The largest absolute Gasteiger partial charge is 0.361 e. The summed E-state index contributed by atoms with van der Waals surface area (Å²) >= 11 is 0. The summed E-state index contributed by atoms with van der Waals surface area (Å²) in [5.74, 6) is 1.06. The van der Waals surface area contributed by atoms with Crippen molar-refractivity contribution in [1.82, 2.24) is 10.1 Å². The van der Waals surface area contributed by atoms with E-state index in [-0.39, 0.29) is 24.4 Å². The first-order valence-electron chi connectivity index (χ1n) is 6.54. The number of rotatable bonds is 3. The fourth-order valence-corrected chi connectivity index (χ4v) is 2.67. The van der Waals surface area contributed by atoms with Gasteiger partial charge in [0.25, 0.3) is 5.91 Å². The van der Waals surface area contributed by atoms with Gasteiger partial charge in [-0.3, -0.25) is 4.79 Å². The van der Waals surface area contributed by atoms with Crippen molar-refractivity contribution in [2.45, 2.75) is 39.7 Å². The molecule has 1 aromatic heterocycles. The average Bonchev–Trinajstić information content (AvgIpc) is 2.91. The zero-order valence-electron chi connectivity index (χ0n) is 11.7.